The third-order valence-corrected chi connectivity index (χ3v) is 5.39. The number of imide groups is 1. The van der Waals surface area contributed by atoms with E-state index in [1.54, 1.807) is 48.5 Å². The number of rotatable bonds is 4. The van der Waals surface area contributed by atoms with Gasteiger partial charge in [0.1, 0.15) is 17.7 Å². The summed E-state index contributed by atoms with van der Waals surface area (Å²) in [6.07, 6.45) is 0. The molecule has 8 nitrogen and oxygen atoms in total. The molecule has 1 fully saturated rings. The maximum Gasteiger partial charge on any atom is 0.355 e. The Morgan fingerprint density at radius 2 is 1.72 bits per heavy atom. The van der Waals surface area contributed by atoms with Crippen LogP contribution in [0.3, 0.4) is 0 Å². The van der Waals surface area contributed by atoms with Crippen molar-refractivity contribution in [1.82, 2.24) is 0 Å². The van der Waals surface area contributed by atoms with E-state index in [2.05, 4.69) is 21.0 Å². The van der Waals surface area contributed by atoms with E-state index in [1.165, 1.54) is 19.2 Å². The highest BCUT2D eigenvalue weighted by Crippen LogP contribution is 2.40. The van der Waals surface area contributed by atoms with Gasteiger partial charge in [0.15, 0.2) is 5.71 Å². The summed E-state index contributed by atoms with van der Waals surface area (Å²) in [6, 6.07) is 12.8. The van der Waals surface area contributed by atoms with Gasteiger partial charge < -0.3 is 9.47 Å². The molecule has 2 atom stereocenters. The molecule has 2 heterocycles. The molecule has 0 bridgehead atoms. The first-order chi connectivity index (χ1) is 14.0. The number of hydrogen-bond acceptors (Lipinski definition) is 7. The fourth-order valence-electron chi connectivity index (χ4n) is 3.55. The molecule has 2 aliphatic heterocycles. The number of methoxy groups -OCH3 is 2. The Hall–Kier alpha value is -3.20. The number of anilines is 2. The lowest BCUT2D eigenvalue weighted by Crippen LogP contribution is -2.39. The van der Waals surface area contributed by atoms with E-state index in [9.17, 15) is 14.4 Å². The molecule has 2 amide bonds. The van der Waals surface area contributed by atoms with Gasteiger partial charge in [-0.2, -0.15) is 5.10 Å². The lowest BCUT2D eigenvalue weighted by molar-refractivity contribution is -0.133. The molecule has 9 heteroatoms. The normalized spacial score (nSPS) is 20.6. The van der Waals surface area contributed by atoms with Crippen molar-refractivity contribution in [2.45, 2.75) is 6.04 Å². The number of nitrogens with zero attached hydrogens (tertiary/aromatic N) is 3. The zero-order valence-corrected chi connectivity index (χ0v) is 17.1. The van der Waals surface area contributed by atoms with Crippen LogP contribution in [-0.2, 0) is 19.1 Å². The topological polar surface area (TPSA) is 88.5 Å². The number of hydrogen-bond donors (Lipinski definition) is 0. The summed E-state index contributed by atoms with van der Waals surface area (Å²) in [5.74, 6) is -2.48. The van der Waals surface area contributed by atoms with E-state index < -0.39 is 29.7 Å². The molecule has 2 aliphatic rings. The number of benzene rings is 2. The van der Waals surface area contributed by atoms with E-state index in [0.29, 0.717) is 17.1 Å². The van der Waals surface area contributed by atoms with Gasteiger partial charge in [0.2, 0.25) is 5.91 Å². The van der Waals surface area contributed by atoms with Crippen LogP contribution in [0.1, 0.15) is 0 Å². The highest BCUT2D eigenvalue weighted by molar-refractivity contribution is 9.10. The van der Waals surface area contributed by atoms with Gasteiger partial charge in [-0.25, -0.2) is 9.69 Å². The van der Waals surface area contributed by atoms with Gasteiger partial charge >= 0.3 is 5.97 Å². The zero-order valence-electron chi connectivity index (χ0n) is 15.5. The second-order valence-electron chi connectivity index (χ2n) is 6.40. The van der Waals surface area contributed by atoms with E-state index >= 15 is 0 Å². The van der Waals surface area contributed by atoms with Gasteiger partial charge in [-0.3, -0.25) is 14.6 Å². The molecule has 0 aliphatic carbocycles. The highest BCUT2D eigenvalue weighted by atomic mass is 79.9. The average molecular weight is 458 g/mol. The number of ether oxygens (including phenoxy) is 2. The predicted octanol–water partition coefficient (Wildman–Crippen LogP) is 2.36. The predicted molar refractivity (Wildman–Crippen MR) is 109 cm³/mol. The Labute approximate surface area is 174 Å². The van der Waals surface area contributed by atoms with E-state index in [0.717, 1.165) is 9.37 Å². The minimum Gasteiger partial charge on any atom is -0.495 e. The molecular formula is C20H16BrN3O5. The van der Waals surface area contributed by atoms with Gasteiger partial charge in [0, 0.05) is 4.47 Å². The lowest BCUT2D eigenvalue weighted by atomic mass is 9.98. The molecule has 0 saturated carbocycles. The fourth-order valence-corrected chi connectivity index (χ4v) is 3.81. The van der Waals surface area contributed by atoms with Crippen LogP contribution in [0.5, 0.6) is 5.75 Å². The number of esters is 1. The van der Waals surface area contributed by atoms with Gasteiger partial charge in [0.05, 0.1) is 25.6 Å². The molecule has 0 aromatic heterocycles. The van der Waals surface area contributed by atoms with Crippen LogP contribution in [0.15, 0.2) is 58.1 Å². The number of halogens is 1. The second-order valence-corrected chi connectivity index (χ2v) is 7.32. The van der Waals surface area contributed by atoms with Crippen molar-refractivity contribution in [2.75, 3.05) is 24.1 Å². The van der Waals surface area contributed by atoms with E-state index in [-0.39, 0.29) is 5.71 Å². The zero-order chi connectivity index (χ0) is 20.7. The summed E-state index contributed by atoms with van der Waals surface area (Å²) < 4.78 is 11.0. The molecule has 0 N–H and O–H groups in total. The quantitative estimate of drug-likeness (QED) is 0.517. The summed E-state index contributed by atoms with van der Waals surface area (Å²) in [5.41, 5.74) is 0.792. The molecule has 2 unspecified atom stereocenters. The van der Waals surface area contributed by atoms with Crippen molar-refractivity contribution in [3.63, 3.8) is 0 Å². The number of carbonyl (C=O) groups is 3. The van der Waals surface area contributed by atoms with Crippen LogP contribution in [0.2, 0.25) is 0 Å². The third-order valence-electron chi connectivity index (χ3n) is 4.86. The SMILES string of the molecule is COC(=O)C1=NN(c2ccc(Br)cc2)C2C(=O)N(c3ccccc3OC)C(=O)C12. The largest absolute Gasteiger partial charge is 0.495 e. The summed E-state index contributed by atoms with van der Waals surface area (Å²) in [5, 5.41) is 5.68. The van der Waals surface area contributed by atoms with E-state index in [4.69, 9.17) is 9.47 Å². The van der Waals surface area contributed by atoms with Crippen LogP contribution in [0, 0.1) is 5.92 Å². The Bertz CT molecular complexity index is 1040. The van der Waals surface area contributed by atoms with Crippen molar-refractivity contribution < 1.29 is 23.9 Å². The molecule has 0 spiro atoms. The molecule has 2 aromatic rings. The second kappa shape index (κ2) is 7.32. The summed E-state index contributed by atoms with van der Waals surface area (Å²) in [6.45, 7) is 0. The molecule has 0 radical (unpaired) electrons. The number of carbonyl (C=O) groups excluding carboxylic acids is 3. The Balaban J connectivity index is 1.82. The Morgan fingerprint density at radius 1 is 1.03 bits per heavy atom. The standard InChI is InChI=1S/C20H16BrN3O5/c1-28-14-6-4-3-5-13(14)23-18(25)15-16(20(27)29-2)22-24(17(15)19(23)26)12-9-7-11(21)8-10-12/h3-10,15,17H,1-2H3. The third kappa shape index (κ3) is 2.98. The fraction of sp³-hybridized carbons (Fsp3) is 0.200. The number of amides is 2. The molecule has 2 aromatic carbocycles. The number of fused-ring (bicyclic) bond motifs is 1. The van der Waals surface area contributed by atoms with Crippen LogP contribution < -0.4 is 14.6 Å². The van der Waals surface area contributed by atoms with Crippen LogP contribution in [-0.4, -0.2) is 43.8 Å². The maximum absolute atomic E-state index is 13.3. The first-order valence-corrected chi connectivity index (χ1v) is 9.49. The minimum absolute atomic E-state index is 0.101. The Kier molecular flexibility index (Phi) is 4.83. The van der Waals surface area contributed by atoms with Gasteiger partial charge in [-0.1, -0.05) is 28.1 Å². The van der Waals surface area contributed by atoms with Crippen molar-refractivity contribution >= 4 is 50.8 Å². The molecule has 1 saturated heterocycles. The van der Waals surface area contributed by atoms with Crippen LogP contribution in [0.4, 0.5) is 11.4 Å². The van der Waals surface area contributed by atoms with Crippen molar-refractivity contribution in [3.05, 3.63) is 53.0 Å². The first kappa shape index (κ1) is 19.1. The summed E-state index contributed by atoms with van der Waals surface area (Å²) in [4.78, 5) is 40.0. The van der Waals surface area contributed by atoms with Crippen molar-refractivity contribution in [2.24, 2.45) is 11.0 Å². The van der Waals surface area contributed by atoms with E-state index in [1.807, 2.05) is 0 Å². The number of para-hydroxylation sites is 2. The summed E-state index contributed by atoms with van der Waals surface area (Å²) >= 11 is 3.36. The first-order valence-electron chi connectivity index (χ1n) is 8.70. The monoisotopic (exact) mass is 457 g/mol. The minimum atomic E-state index is -1.07. The van der Waals surface area contributed by atoms with Crippen LogP contribution >= 0.6 is 15.9 Å². The lowest BCUT2D eigenvalue weighted by Gasteiger charge is -2.22. The van der Waals surface area contributed by atoms with Crippen LogP contribution in [0.25, 0.3) is 0 Å². The van der Waals surface area contributed by atoms with Gasteiger partial charge in [-0.15, -0.1) is 0 Å². The Morgan fingerprint density at radius 3 is 2.38 bits per heavy atom. The molecular weight excluding hydrogens is 442 g/mol. The maximum atomic E-state index is 13.3. The number of hydrazone groups is 1. The molecule has 4 rings (SSSR count). The summed E-state index contributed by atoms with van der Waals surface area (Å²) in [7, 11) is 2.67. The molecule has 29 heavy (non-hydrogen) atoms. The van der Waals surface area contributed by atoms with Crippen molar-refractivity contribution in [1.29, 1.82) is 0 Å². The van der Waals surface area contributed by atoms with Gasteiger partial charge in [0.25, 0.3) is 5.91 Å². The van der Waals surface area contributed by atoms with Gasteiger partial charge in [-0.05, 0) is 36.4 Å². The molecule has 148 valence electrons. The average Bonchev–Trinajstić information content (AvgIpc) is 3.25. The smallest absolute Gasteiger partial charge is 0.355 e. The van der Waals surface area contributed by atoms with Crippen molar-refractivity contribution in [3.8, 4) is 5.75 Å². The highest BCUT2D eigenvalue weighted by Gasteiger charge is 2.59.